The maximum absolute atomic E-state index is 12.6. The van der Waals surface area contributed by atoms with Crippen molar-refractivity contribution in [3.05, 3.63) is 69.9 Å². The second kappa shape index (κ2) is 6.43. The molecule has 1 N–H and O–H groups in total. The molecule has 1 atom stereocenters. The van der Waals surface area contributed by atoms with Crippen molar-refractivity contribution in [1.29, 1.82) is 0 Å². The zero-order valence-corrected chi connectivity index (χ0v) is 13.6. The molecule has 0 bridgehead atoms. The standard InChI is InChI=1S/C15H17N3O4S/c1-12-7-6-10-14(16-12)23(21,22)17-15(2,11-18(19)20)13-8-4-3-5-9-13/h3-10,17H,11H2,1-2H3/t15-/m0/s1. The molecular weight excluding hydrogens is 318 g/mol. The van der Waals surface area contributed by atoms with Gasteiger partial charge in [-0.2, -0.15) is 4.72 Å². The minimum Gasteiger partial charge on any atom is -0.264 e. The summed E-state index contributed by atoms with van der Waals surface area (Å²) in [5, 5.41) is 10.9. The van der Waals surface area contributed by atoms with Gasteiger partial charge in [0.1, 0.15) is 5.54 Å². The smallest absolute Gasteiger partial charge is 0.259 e. The van der Waals surface area contributed by atoms with E-state index in [0.29, 0.717) is 11.3 Å². The number of sulfonamides is 1. The summed E-state index contributed by atoms with van der Waals surface area (Å²) in [7, 11) is -4.00. The van der Waals surface area contributed by atoms with Crippen molar-refractivity contribution in [3.63, 3.8) is 0 Å². The first kappa shape index (κ1) is 17.0. The Morgan fingerprint density at radius 3 is 2.39 bits per heavy atom. The number of nitro groups is 1. The van der Waals surface area contributed by atoms with E-state index in [1.807, 2.05) is 0 Å². The molecule has 0 unspecified atom stereocenters. The van der Waals surface area contributed by atoms with Crippen LogP contribution in [0.4, 0.5) is 0 Å². The Balaban J connectivity index is 2.44. The molecule has 0 aliphatic rings. The van der Waals surface area contributed by atoms with E-state index in [1.165, 1.54) is 13.0 Å². The van der Waals surface area contributed by atoms with Gasteiger partial charge in [-0.05, 0) is 31.5 Å². The lowest BCUT2D eigenvalue weighted by Crippen LogP contribution is -2.48. The zero-order chi connectivity index (χ0) is 17.1. The predicted molar refractivity (Wildman–Crippen MR) is 85.0 cm³/mol. The molecule has 0 radical (unpaired) electrons. The monoisotopic (exact) mass is 335 g/mol. The number of aryl methyl sites for hydroxylation is 1. The molecule has 0 spiro atoms. The van der Waals surface area contributed by atoms with E-state index in [-0.39, 0.29) is 5.03 Å². The number of nitrogens with zero attached hydrogens (tertiary/aromatic N) is 2. The largest absolute Gasteiger partial charge is 0.264 e. The molecule has 0 aliphatic heterocycles. The average molecular weight is 335 g/mol. The Hall–Kier alpha value is -2.32. The normalized spacial score (nSPS) is 14.2. The first-order valence-corrected chi connectivity index (χ1v) is 8.36. The van der Waals surface area contributed by atoms with Gasteiger partial charge >= 0.3 is 0 Å². The van der Waals surface area contributed by atoms with Crippen LogP contribution < -0.4 is 4.72 Å². The number of hydrogen-bond donors (Lipinski definition) is 1. The lowest BCUT2D eigenvalue weighted by molar-refractivity contribution is -0.490. The van der Waals surface area contributed by atoms with Crippen LogP contribution in [0.5, 0.6) is 0 Å². The molecule has 0 amide bonds. The van der Waals surface area contributed by atoms with Gasteiger partial charge in [0.25, 0.3) is 10.0 Å². The summed E-state index contributed by atoms with van der Waals surface area (Å²) in [5.41, 5.74) is -0.328. The fraction of sp³-hybridized carbons (Fsp3) is 0.267. The van der Waals surface area contributed by atoms with Crippen LogP contribution in [-0.4, -0.2) is 24.9 Å². The van der Waals surface area contributed by atoms with Crippen LogP contribution in [-0.2, 0) is 15.6 Å². The van der Waals surface area contributed by atoms with Crippen molar-refractivity contribution >= 4 is 10.0 Å². The number of hydrogen-bond acceptors (Lipinski definition) is 5. The van der Waals surface area contributed by atoms with Crippen LogP contribution in [0.1, 0.15) is 18.2 Å². The Kier molecular flexibility index (Phi) is 4.76. The summed E-state index contributed by atoms with van der Waals surface area (Å²) in [6.07, 6.45) is 0. The van der Waals surface area contributed by atoms with Gasteiger partial charge in [-0.25, -0.2) is 13.4 Å². The predicted octanol–water partition coefficient (Wildman–Crippen LogP) is 1.86. The van der Waals surface area contributed by atoms with Gasteiger partial charge in [-0.1, -0.05) is 36.4 Å². The Morgan fingerprint density at radius 2 is 1.83 bits per heavy atom. The van der Waals surface area contributed by atoms with E-state index in [1.54, 1.807) is 49.4 Å². The molecule has 0 saturated heterocycles. The van der Waals surface area contributed by atoms with Crippen molar-refractivity contribution in [1.82, 2.24) is 9.71 Å². The van der Waals surface area contributed by atoms with Gasteiger partial charge in [-0.3, -0.25) is 10.1 Å². The lowest BCUT2D eigenvalue weighted by Gasteiger charge is -2.26. The highest BCUT2D eigenvalue weighted by Gasteiger charge is 2.37. The fourth-order valence-electron chi connectivity index (χ4n) is 2.26. The summed E-state index contributed by atoms with van der Waals surface area (Å²) < 4.78 is 27.5. The minimum absolute atomic E-state index is 0.164. The quantitative estimate of drug-likeness (QED) is 0.641. The van der Waals surface area contributed by atoms with Gasteiger partial charge in [-0.15, -0.1) is 0 Å². The number of rotatable bonds is 6. The molecule has 122 valence electrons. The molecule has 8 heteroatoms. The maximum atomic E-state index is 12.6. The van der Waals surface area contributed by atoms with Crippen molar-refractivity contribution in [3.8, 4) is 0 Å². The van der Waals surface area contributed by atoms with Crippen molar-refractivity contribution in [2.45, 2.75) is 24.4 Å². The molecule has 7 nitrogen and oxygen atoms in total. The van der Waals surface area contributed by atoms with Crippen molar-refractivity contribution in [2.24, 2.45) is 0 Å². The van der Waals surface area contributed by atoms with Gasteiger partial charge < -0.3 is 0 Å². The second-order valence-corrected chi connectivity index (χ2v) is 7.04. The molecule has 1 heterocycles. The summed E-state index contributed by atoms with van der Waals surface area (Å²) >= 11 is 0. The second-order valence-electron chi connectivity index (χ2n) is 5.41. The highest BCUT2D eigenvalue weighted by molar-refractivity contribution is 7.89. The third-order valence-electron chi connectivity index (χ3n) is 3.35. The van der Waals surface area contributed by atoms with E-state index in [2.05, 4.69) is 9.71 Å². The van der Waals surface area contributed by atoms with Gasteiger partial charge in [0.15, 0.2) is 5.03 Å². The molecule has 2 aromatic rings. The summed E-state index contributed by atoms with van der Waals surface area (Å²) in [5.74, 6) is 0. The highest BCUT2D eigenvalue weighted by Crippen LogP contribution is 2.23. The lowest BCUT2D eigenvalue weighted by atomic mass is 9.93. The number of pyridine rings is 1. The van der Waals surface area contributed by atoms with E-state index < -0.39 is 27.0 Å². The molecule has 0 aliphatic carbocycles. The van der Waals surface area contributed by atoms with E-state index in [0.717, 1.165) is 0 Å². The summed E-state index contributed by atoms with van der Waals surface area (Å²) in [6.45, 7) is 2.58. The number of nitrogens with one attached hydrogen (secondary N) is 1. The van der Waals surface area contributed by atoms with Crippen LogP contribution in [0.25, 0.3) is 0 Å². The Morgan fingerprint density at radius 1 is 1.17 bits per heavy atom. The molecule has 1 aromatic heterocycles. The topological polar surface area (TPSA) is 102 Å². The maximum Gasteiger partial charge on any atom is 0.259 e. The van der Waals surface area contributed by atoms with E-state index >= 15 is 0 Å². The third kappa shape index (κ3) is 4.11. The number of benzene rings is 1. The molecule has 0 fully saturated rings. The molecule has 2 rings (SSSR count). The highest BCUT2D eigenvalue weighted by atomic mass is 32.2. The number of aromatic nitrogens is 1. The van der Waals surface area contributed by atoms with E-state index in [9.17, 15) is 18.5 Å². The Bertz CT molecular complexity index is 808. The average Bonchev–Trinajstić information content (AvgIpc) is 2.47. The molecule has 1 aromatic carbocycles. The van der Waals surface area contributed by atoms with Crippen LogP contribution in [0, 0.1) is 17.0 Å². The Labute approximate surface area is 134 Å². The zero-order valence-electron chi connectivity index (χ0n) is 12.8. The minimum atomic E-state index is -4.00. The van der Waals surface area contributed by atoms with Crippen molar-refractivity contribution < 1.29 is 13.3 Å². The molecule has 0 saturated carbocycles. The molecular formula is C15H17N3O4S. The van der Waals surface area contributed by atoms with Crippen LogP contribution in [0.2, 0.25) is 0 Å². The van der Waals surface area contributed by atoms with Crippen LogP contribution >= 0.6 is 0 Å². The SMILES string of the molecule is Cc1cccc(S(=O)(=O)N[C@@](C)(C[N+](=O)[O-])c2ccccc2)n1. The van der Waals surface area contributed by atoms with Gasteiger partial charge in [0.05, 0.1) is 0 Å². The van der Waals surface area contributed by atoms with Crippen LogP contribution in [0.15, 0.2) is 53.6 Å². The molecule has 23 heavy (non-hydrogen) atoms. The van der Waals surface area contributed by atoms with Gasteiger partial charge in [0, 0.05) is 10.6 Å². The fourth-order valence-corrected chi connectivity index (χ4v) is 3.67. The first-order valence-electron chi connectivity index (χ1n) is 6.88. The van der Waals surface area contributed by atoms with Crippen LogP contribution in [0.3, 0.4) is 0 Å². The van der Waals surface area contributed by atoms with Gasteiger partial charge in [0.2, 0.25) is 6.54 Å². The summed E-state index contributed by atoms with van der Waals surface area (Å²) in [6, 6.07) is 13.1. The first-order chi connectivity index (χ1) is 10.7. The van der Waals surface area contributed by atoms with Crippen molar-refractivity contribution in [2.75, 3.05) is 6.54 Å². The third-order valence-corrected chi connectivity index (χ3v) is 4.85. The summed E-state index contributed by atoms with van der Waals surface area (Å²) in [4.78, 5) is 14.5. The van der Waals surface area contributed by atoms with E-state index in [4.69, 9.17) is 0 Å².